The van der Waals surface area contributed by atoms with E-state index >= 15 is 0 Å². The monoisotopic (exact) mass is 256 g/mol. The number of carboxylic acids is 1. The summed E-state index contributed by atoms with van der Waals surface area (Å²) in [5, 5.41) is 8.46. The Bertz CT molecular complexity index is 495. The van der Waals surface area contributed by atoms with Crippen LogP contribution in [0.2, 0.25) is 0 Å². The average molecular weight is 256 g/mol. The molecule has 0 aliphatic rings. The molecule has 0 unspecified atom stereocenters. The van der Waals surface area contributed by atoms with Crippen LogP contribution in [-0.2, 0) is 4.79 Å². The lowest BCUT2D eigenvalue weighted by atomic mass is 10.0. The number of alkyl halides is 2. The predicted octanol–water partition coefficient (Wildman–Crippen LogP) is 2.51. The Labute approximate surface area is 101 Å². The fourth-order valence-electron chi connectivity index (χ4n) is 1.34. The van der Waals surface area contributed by atoms with E-state index in [1.807, 2.05) is 0 Å². The van der Waals surface area contributed by atoms with Crippen molar-refractivity contribution in [3.05, 3.63) is 34.9 Å². The second-order valence-corrected chi connectivity index (χ2v) is 3.40. The summed E-state index contributed by atoms with van der Waals surface area (Å²) >= 11 is 0. The lowest BCUT2D eigenvalue weighted by Crippen LogP contribution is -2.05. The van der Waals surface area contributed by atoms with Gasteiger partial charge in [0.2, 0.25) is 0 Å². The normalized spacial score (nSPS) is 10.9. The minimum atomic E-state index is -3.01. The van der Waals surface area contributed by atoms with Crippen molar-refractivity contribution in [2.45, 2.75) is 13.5 Å². The highest BCUT2D eigenvalue weighted by atomic mass is 19.3. The molecule has 0 radical (unpaired) electrons. The number of hydrogen-bond acceptors (Lipinski definition) is 3. The van der Waals surface area contributed by atoms with Crippen LogP contribution in [-0.4, -0.2) is 24.0 Å². The maximum atomic E-state index is 12.2. The number of halogens is 2. The predicted molar refractivity (Wildman–Crippen MR) is 59.9 cm³/mol. The van der Waals surface area contributed by atoms with Gasteiger partial charge in [-0.05, 0) is 30.7 Å². The van der Waals surface area contributed by atoms with Gasteiger partial charge < -0.3 is 9.84 Å². The van der Waals surface area contributed by atoms with Crippen LogP contribution < -0.4 is 4.74 Å². The minimum Gasteiger partial charge on any atom is -0.478 e. The molecule has 0 aromatic heterocycles. The minimum absolute atomic E-state index is 0.153. The number of benzene rings is 1. The fourth-order valence-corrected chi connectivity index (χ4v) is 1.34. The molecule has 0 aliphatic carbocycles. The molecule has 96 valence electrons. The molecule has 4 nitrogen and oxygen atoms in total. The van der Waals surface area contributed by atoms with E-state index in [4.69, 9.17) is 5.11 Å². The summed E-state index contributed by atoms with van der Waals surface area (Å²) in [5.74, 6) is -1.33. The smallest absolute Gasteiger partial charge is 0.387 e. The number of hydrogen-bond donors (Lipinski definition) is 1. The van der Waals surface area contributed by atoms with Crippen molar-refractivity contribution in [1.29, 1.82) is 0 Å². The number of ether oxygens (including phenoxy) is 1. The van der Waals surface area contributed by atoms with Gasteiger partial charge in [-0.2, -0.15) is 8.78 Å². The number of carboxylic acid groups (broad SMARTS) is 1. The van der Waals surface area contributed by atoms with Crippen molar-refractivity contribution in [2.75, 3.05) is 0 Å². The number of aliphatic carboxylic acids is 1. The molecule has 1 aromatic carbocycles. The summed E-state index contributed by atoms with van der Waals surface area (Å²) in [7, 11) is 0. The molecule has 1 rings (SSSR count). The van der Waals surface area contributed by atoms with E-state index in [0.29, 0.717) is 11.8 Å². The van der Waals surface area contributed by atoms with Gasteiger partial charge >= 0.3 is 12.6 Å². The molecule has 0 amide bonds. The van der Waals surface area contributed by atoms with Crippen LogP contribution in [0.1, 0.15) is 21.5 Å². The Morgan fingerprint density at radius 1 is 1.44 bits per heavy atom. The Kier molecular flexibility index (Phi) is 4.53. The summed E-state index contributed by atoms with van der Waals surface area (Å²) in [6.45, 7) is -1.55. The molecule has 0 heterocycles. The van der Waals surface area contributed by atoms with Gasteiger partial charge in [0.05, 0.1) is 0 Å². The molecule has 1 aromatic rings. The second kappa shape index (κ2) is 5.90. The zero-order valence-electron chi connectivity index (χ0n) is 9.39. The molecule has 0 aliphatic heterocycles. The van der Waals surface area contributed by atoms with Gasteiger partial charge in [0.15, 0.2) is 0 Å². The Hall–Kier alpha value is -2.24. The summed E-state index contributed by atoms with van der Waals surface area (Å²) in [5.41, 5.74) is 0.733. The van der Waals surface area contributed by atoms with E-state index in [1.165, 1.54) is 25.1 Å². The Morgan fingerprint density at radius 3 is 2.61 bits per heavy atom. The standard InChI is InChI=1S/C12H10F2O4/c1-7-9(6-15)4-8(2-3-11(16)17)5-10(7)18-12(13)14/h2-6,12H,1H3,(H,16,17)/b3-2+. The van der Waals surface area contributed by atoms with Crippen LogP contribution in [0.15, 0.2) is 18.2 Å². The van der Waals surface area contributed by atoms with Crippen molar-refractivity contribution < 1.29 is 28.2 Å². The first-order valence-corrected chi connectivity index (χ1v) is 4.89. The summed E-state index contributed by atoms with van der Waals surface area (Å²) in [4.78, 5) is 21.1. The maximum absolute atomic E-state index is 12.2. The second-order valence-electron chi connectivity index (χ2n) is 3.40. The van der Waals surface area contributed by atoms with Gasteiger partial charge in [-0.15, -0.1) is 0 Å². The molecule has 0 saturated heterocycles. The fraction of sp³-hybridized carbons (Fsp3) is 0.167. The van der Waals surface area contributed by atoms with Crippen molar-refractivity contribution in [3.63, 3.8) is 0 Å². The van der Waals surface area contributed by atoms with E-state index < -0.39 is 12.6 Å². The Morgan fingerprint density at radius 2 is 2.11 bits per heavy atom. The number of carbonyl (C=O) groups is 2. The third kappa shape index (κ3) is 3.65. The first-order valence-electron chi connectivity index (χ1n) is 4.89. The number of aldehydes is 1. The molecule has 6 heteroatoms. The van der Waals surface area contributed by atoms with Crippen molar-refractivity contribution >= 4 is 18.3 Å². The van der Waals surface area contributed by atoms with E-state index in [9.17, 15) is 18.4 Å². The zero-order valence-corrected chi connectivity index (χ0v) is 9.39. The van der Waals surface area contributed by atoms with Gasteiger partial charge in [-0.1, -0.05) is 0 Å². The largest absolute Gasteiger partial charge is 0.478 e. The summed E-state index contributed by atoms with van der Waals surface area (Å²) < 4.78 is 28.6. The van der Waals surface area contributed by atoms with Crippen LogP contribution in [0.3, 0.4) is 0 Å². The van der Waals surface area contributed by atoms with Crippen LogP contribution in [0.25, 0.3) is 6.08 Å². The van der Waals surface area contributed by atoms with Crippen LogP contribution in [0.4, 0.5) is 8.78 Å². The molecule has 18 heavy (non-hydrogen) atoms. The number of rotatable bonds is 5. The molecule has 1 N–H and O–H groups in total. The van der Waals surface area contributed by atoms with Crippen molar-refractivity contribution in [1.82, 2.24) is 0 Å². The van der Waals surface area contributed by atoms with Crippen molar-refractivity contribution in [2.24, 2.45) is 0 Å². The SMILES string of the molecule is Cc1c(C=O)cc(/C=C/C(=O)O)cc1OC(F)F. The molecule has 0 spiro atoms. The molecular formula is C12H10F2O4. The van der Waals surface area contributed by atoms with E-state index in [-0.39, 0.29) is 16.9 Å². The van der Waals surface area contributed by atoms with E-state index in [0.717, 1.165) is 6.08 Å². The van der Waals surface area contributed by atoms with Gasteiger partial charge in [0.25, 0.3) is 0 Å². The van der Waals surface area contributed by atoms with Crippen LogP contribution >= 0.6 is 0 Å². The topological polar surface area (TPSA) is 63.6 Å². The van der Waals surface area contributed by atoms with Crippen LogP contribution in [0.5, 0.6) is 5.75 Å². The van der Waals surface area contributed by atoms with Crippen molar-refractivity contribution in [3.8, 4) is 5.75 Å². The quantitative estimate of drug-likeness (QED) is 0.649. The number of carbonyl (C=O) groups excluding carboxylic acids is 1. The first-order chi connectivity index (χ1) is 8.43. The molecule has 0 fully saturated rings. The van der Waals surface area contributed by atoms with Gasteiger partial charge in [-0.3, -0.25) is 4.79 Å². The Balaban J connectivity index is 3.21. The summed E-state index contributed by atoms with van der Waals surface area (Å²) in [6.07, 6.45) is 2.52. The third-order valence-corrected chi connectivity index (χ3v) is 2.18. The highest BCUT2D eigenvalue weighted by Gasteiger charge is 2.11. The molecule has 0 bridgehead atoms. The summed E-state index contributed by atoms with van der Waals surface area (Å²) in [6, 6.07) is 2.63. The first kappa shape index (κ1) is 13.8. The average Bonchev–Trinajstić information content (AvgIpc) is 2.29. The lowest BCUT2D eigenvalue weighted by molar-refractivity contribution is -0.131. The van der Waals surface area contributed by atoms with Gasteiger partial charge in [0.1, 0.15) is 12.0 Å². The highest BCUT2D eigenvalue weighted by Crippen LogP contribution is 2.25. The van der Waals surface area contributed by atoms with E-state index in [2.05, 4.69) is 4.74 Å². The van der Waals surface area contributed by atoms with Crippen LogP contribution in [0, 0.1) is 6.92 Å². The highest BCUT2D eigenvalue weighted by molar-refractivity contribution is 5.86. The zero-order chi connectivity index (χ0) is 13.7. The van der Waals surface area contributed by atoms with E-state index in [1.54, 1.807) is 0 Å². The molecule has 0 atom stereocenters. The lowest BCUT2D eigenvalue weighted by Gasteiger charge is -2.10. The molecular weight excluding hydrogens is 246 g/mol. The molecule has 0 saturated carbocycles. The third-order valence-electron chi connectivity index (χ3n) is 2.18. The van der Waals surface area contributed by atoms with Gasteiger partial charge in [0, 0.05) is 17.2 Å². The van der Waals surface area contributed by atoms with Gasteiger partial charge in [-0.25, -0.2) is 4.79 Å². The maximum Gasteiger partial charge on any atom is 0.387 e.